The van der Waals surface area contributed by atoms with Gasteiger partial charge in [-0.15, -0.1) is 0 Å². The van der Waals surface area contributed by atoms with Gasteiger partial charge in [0, 0.05) is 36.8 Å². The number of likely N-dealkylation sites (N-methyl/N-ethyl adjacent to an activating group) is 1. The monoisotopic (exact) mass is 755 g/mol. The Kier molecular flexibility index (Phi) is 11.5. The molecule has 0 spiro atoms. The zero-order chi connectivity index (χ0) is 37.6. The third-order valence-corrected chi connectivity index (χ3v) is 10.8. The Bertz CT molecular complexity index is 2210. The highest BCUT2D eigenvalue weighted by atomic mass is 32.2. The van der Waals surface area contributed by atoms with E-state index in [4.69, 9.17) is 17.0 Å². The molecule has 1 N–H and O–H groups in total. The van der Waals surface area contributed by atoms with Crippen molar-refractivity contribution in [2.75, 3.05) is 20.1 Å². The van der Waals surface area contributed by atoms with E-state index in [0.717, 1.165) is 27.8 Å². The normalized spacial score (nSPS) is 17.7. The second-order valence-electron chi connectivity index (χ2n) is 13.5. The molecule has 0 aliphatic carbocycles. The van der Waals surface area contributed by atoms with Crippen molar-refractivity contribution < 1.29 is 23.5 Å². The van der Waals surface area contributed by atoms with Gasteiger partial charge in [-0.1, -0.05) is 121 Å². The number of carbonyl (C=O) groups is 3. The van der Waals surface area contributed by atoms with Crippen LogP contribution in [-0.4, -0.2) is 64.0 Å². The van der Waals surface area contributed by atoms with Crippen LogP contribution in [0.4, 0.5) is 4.39 Å². The number of thiocarbonyl (C=S) groups is 1. The van der Waals surface area contributed by atoms with Crippen LogP contribution in [0, 0.1) is 5.82 Å². The summed E-state index contributed by atoms with van der Waals surface area (Å²) in [5, 5.41) is 2.64. The lowest BCUT2D eigenvalue weighted by molar-refractivity contribution is -0.115. The molecular formula is C44H38FN3O4S2. The largest absolute Gasteiger partial charge is 0.372 e. The number of carbonyl (C=O) groups excluding carboxylic acids is 3. The Labute approximate surface area is 323 Å². The van der Waals surface area contributed by atoms with Crippen LogP contribution in [0.5, 0.6) is 0 Å². The van der Waals surface area contributed by atoms with Crippen LogP contribution in [0.2, 0.25) is 0 Å². The average Bonchev–Trinajstić information content (AvgIpc) is 3.74. The summed E-state index contributed by atoms with van der Waals surface area (Å²) in [4.78, 5) is 44.8. The first-order valence-corrected chi connectivity index (χ1v) is 18.9. The van der Waals surface area contributed by atoms with Crippen molar-refractivity contribution in [3.8, 4) is 11.1 Å². The molecule has 7 nitrogen and oxygen atoms in total. The zero-order valence-corrected chi connectivity index (χ0v) is 31.2. The number of likely N-dealkylation sites (tertiary alicyclic amines) is 1. The number of halogens is 1. The molecule has 10 heteroatoms. The molecule has 2 amide bonds. The van der Waals surface area contributed by atoms with E-state index >= 15 is 0 Å². The van der Waals surface area contributed by atoms with Crippen molar-refractivity contribution in [2.45, 2.75) is 31.7 Å². The molecule has 2 aliphatic heterocycles. The van der Waals surface area contributed by atoms with Crippen LogP contribution >= 0.6 is 24.0 Å². The van der Waals surface area contributed by atoms with Crippen LogP contribution in [-0.2, 0) is 22.7 Å². The van der Waals surface area contributed by atoms with Crippen LogP contribution in [0.3, 0.4) is 0 Å². The van der Waals surface area contributed by atoms with Crippen molar-refractivity contribution in [3.63, 3.8) is 0 Å². The lowest BCUT2D eigenvalue weighted by Gasteiger charge is -2.29. The summed E-state index contributed by atoms with van der Waals surface area (Å²) in [7, 11) is 2.02. The molecule has 0 radical (unpaired) electrons. The molecule has 0 bridgehead atoms. The molecule has 7 rings (SSSR count). The first-order valence-electron chi connectivity index (χ1n) is 17.7. The molecule has 0 aromatic heterocycles. The number of ketones is 1. The van der Waals surface area contributed by atoms with Crippen LogP contribution in [0.25, 0.3) is 17.2 Å². The molecule has 2 aliphatic rings. The Morgan fingerprint density at radius 3 is 2.31 bits per heavy atom. The molecule has 2 saturated heterocycles. The van der Waals surface area contributed by atoms with Crippen molar-refractivity contribution >= 4 is 52.0 Å². The molecule has 1 unspecified atom stereocenters. The third-order valence-electron chi connectivity index (χ3n) is 9.62. The van der Waals surface area contributed by atoms with Gasteiger partial charge in [0.25, 0.3) is 11.8 Å². The molecule has 2 heterocycles. The minimum atomic E-state index is -0.437. The van der Waals surface area contributed by atoms with E-state index in [2.05, 4.69) is 34.5 Å². The zero-order valence-electron chi connectivity index (χ0n) is 29.6. The Morgan fingerprint density at radius 2 is 1.59 bits per heavy atom. The molecule has 2 atom stereocenters. The van der Waals surface area contributed by atoms with E-state index in [1.165, 1.54) is 36.0 Å². The van der Waals surface area contributed by atoms with Crippen molar-refractivity contribution in [1.82, 2.24) is 15.1 Å². The maximum atomic E-state index is 14.5. The highest BCUT2D eigenvalue weighted by Crippen LogP contribution is 2.30. The van der Waals surface area contributed by atoms with E-state index in [9.17, 15) is 18.8 Å². The fourth-order valence-electron chi connectivity index (χ4n) is 6.98. The van der Waals surface area contributed by atoms with Crippen molar-refractivity contribution in [3.05, 3.63) is 171 Å². The number of ether oxygens (including phenoxy) is 1. The van der Waals surface area contributed by atoms with E-state index in [-0.39, 0.29) is 35.3 Å². The standard InChI is InChI=1S/C44H38FN3O4S2/c1-47(25-30-17-15-29(16-18-30)23-40-42(50)46-44(53)54-40)26-35-24-36(52-28-33-11-5-6-12-37(33)31-9-3-2-4-10-31)27-48(35)43(51)39-14-8-7-13-38(39)41(49)32-19-21-34(45)22-20-32/h2-23,35-36H,24-28H2,1H3,(H,46,50,53)/b40-23-/t35-,36?/m0/s1. The number of rotatable bonds is 12. The topological polar surface area (TPSA) is 79.0 Å². The number of nitrogens with zero attached hydrogens (tertiary/aromatic N) is 2. The van der Waals surface area contributed by atoms with Crippen LogP contribution < -0.4 is 5.32 Å². The molecule has 5 aromatic carbocycles. The highest BCUT2D eigenvalue weighted by Gasteiger charge is 2.38. The van der Waals surface area contributed by atoms with E-state index < -0.39 is 5.82 Å². The fourth-order valence-corrected chi connectivity index (χ4v) is 8.02. The lowest BCUT2D eigenvalue weighted by Crippen LogP contribution is -2.42. The maximum absolute atomic E-state index is 14.5. The number of amides is 2. The number of hydrogen-bond acceptors (Lipinski definition) is 7. The van der Waals surface area contributed by atoms with E-state index in [1.807, 2.05) is 72.6 Å². The van der Waals surface area contributed by atoms with Crippen LogP contribution in [0.15, 0.2) is 132 Å². The SMILES string of the molecule is CN(Cc1ccc(/C=C2\SC(=S)NC2=O)cc1)C[C@@H]1CC(OCc2ccccc2-c2ccccc2)CN1C(=O)c1ccccc1C(=O)c1ccc(F)cc1. The Morgan fingerprint density at radius 1 is 0.907 bits per heavy atom. The molecule has 54 heavy (non-hydrogen) atoms. The first-order chi connectivity index (χ1) is 26.2. The number of benzene rings is 5. The second-order valence-corrected chi connectivity index (χ2v) is 15.2. The van der Waals surface area contributed by atoms with Gasteiger partial charge >= 0.3 is 0 Å². The lowest BCUT2D eigenvalue weighted by atomic mass is 9.97. The fraction of sp³-hybridized carbons (Fsp3) is 0.182. The van der Waals surface area contributed by atoms with Gasteiger partial charge in [0.1, 0.15) is 10.1 Å². The summed E-state index contributed by atoms with van der Waals surface area (Å²) in [5.41, 5.74) is 6.13. The van der Waals surface area contributed by atoms with Crippen LogP contribution in [0.1, 0.15) is 49.4 Å². The molecular weight excluding hydrogens is 718 g/mol. The maximum Gasteiger partial charge on any atom is 0.263 e. The quantitative estimate of drug-likeness (QED) is 0.0783. The van der Waals surface area contributed by atoms with Gasteiger partial charge in [-0.05, 0) is 77.7 Å². The van der Waals surface area contributed by atoms with E-state index in [1.54, 1.807) is 24.3 Å². The van der Waals surface area contributed by atoms with Gasteiger partial charge in [-0.3, -0.25) is 14.4 Å². The summed E-state index contributed by atoms with van der Waals surface area (Å²) < 4.78 is 20.7. The third kappa shape index (κ3) is 8.75. The summed E-state index contributed by atoms with van der Waals surface area (Å²) in [6, 6.07) is 38.4. The van der Waals surface area contributed by atoms with Gasteiger partial charge in [-0.25, -0.2) is 4.39 Å². The van der Waals surface area contributed by atoms with Crippen molar-refractivity contribution in [2.24, 2.45) is 0 Å². The molecule has 5 aromatic rings. The summed E-state index contributed by atoms with van der Waals surface area (Å²) in [6.07, 6.45) is 2.21. The molecule has 272 valence electrons. The minimum absolute atomic E-state index is 0.186. The van der Waals surface area contributed by atoms with Gasteiger partial charge in [0.15, 0.2) is 5.78 Å². The highest BCUT2D eigenvalue weighted by molar-refractivity contribution is 8.26. The Hall–Kier alpha value is -5.26. The van der Waals surface area contributed by atoms with E-state index in [0.29, 0.717) is 53.0 Å². The Balaban J connectivity index is 1.10. The first kappa shape index (κ1) is 37.1. The van der Waals surface area contributed by atoms with Gasteiger partial charge < -0.3 is 19.9 Å². The van der Waals surface area contributed by atoms with Gasteiger partial charge in [0.2, 0.25) is 0 Å². The predicted octanol–water partition coefficient (Wildman–Crippen LogP) is 8.14. The summed E-state index contributed by atoms with van der Waals surface area (Å²) in [6.45, 7) is 1.95. The summed E-state index contributed by atoms with van der Waals surface area (Å²) in [5.74, 6) is -1.21. The minimum Gasteiger partial charge on any atom is -0.372 e. The smallest absolute Gasteiger partial charge is 0.263 e. The number of nitrogens with one attached hydrogen (secondary N) is 1. The number of hydrogen-bond donors (Lipinski definition) is 1. The molecule has 0 saturated carbocycles. The van der Waals surface area contributed by atoms with Gasteiger partial charge in [-0.2, -0.15) is 0 Å². The summed E-state index contributed by atoms with van der Waals surface area (Å²) >= 11 is 6.36. The average molecular weight is 756 g/mol. The predicted molar refractivity (Wildman–Crippen MR) is 215 cm³/mol. The van der Waals surface area contributed by atoms with Gasteiger partial charge in [0.05, 0.1) is 23.2 Å². The van der Waals surface area contributed by atoms with Crippen molar-refractivity contribution in [1.29, 1.82) is 0 Å². The number of thioether (sulfide) groups is 1. The molecule has 2 fully saturated rings. The second kappa shape index (κ2) is 16.8.